The summed E-state index contributed by atoms with van der Waals surface area (Å²) in [5.41, 5.74) is 0. The van der Waals surface area contributed by atoms with Crippen LogP contribution < -0.4 is 5.32 Å². The molecule has 0 aliphatic heterocycles. The van der Waals surface area contributed by atoms with Crippen molar-refractivity contribution in [2.24, 2.45) is 0 Å². The number of amides is 1. The van der Waals surface area contributed by atoms with Crippen molar-refractivity contribution in [2.75, 3.05) is 5.75 Å². The normalized spacial score (nSPS) is 11.1. The first-order valence-electron chi connectivity index (χ1n) is 2.68. The van der Waals surface area contributed by atoms with E-state index in [0.717, 1.165) is 0 Å². The Kier molecular flexibility index (Phi) is 7.96. The van der Waals surface area contributed by atoms with E-state index in [1.54, 1.807) is 0 Å². The molecule has 64 valence electrons. The molecule has 11 heavy (non-hydrogen) atoms. The minimum atomic E-state index is -1.06. The minimum absolute atomic E-state index is 0. The molecule has 1 unspecified atom stereocenters. The maximum Gasteiger partial charge on any atom is 0.327 e. The van der Waals surface area contributed by atoms with Crippen molar-refractivity contribution in [3.8, 4) is 0 Å². The van der Waals surface area contributed by atoms with Gasteiger partial charge in [-0.1, -0.05) is 0 Å². The van der Waals surface area contributed by atoms with E-state index in [1.807, 2.05) is 0 Å². The van der Waals surface area contributed by atoms with Crippen LogP contribution in [0.5, 0.6) is 0 Å². The monoisotopic (exact) mass is 193 g/mol. The summed E-state index contributed by atoms with van der Waals surface area (Å²) in [4.78, 5) is 20.5. The largest absolute Gasteiger partial charge is 0.480 e. The van der Waals surface area contributed by atoms with Crippen molar-refractivity contribution >= 4 is 41.9 Å². The van der Waals surface area contributed by atoms with E-state index in [-0.39, 0.29) is 29.0 Å². The van der Waals surface area contributed by atoms with Gasteiger partial charge in [0, 0.05) is 12.7 Å². The highest BCUT2D eigenvalue weighted by Crippen LogP contribution is 1.86. The fraction of sp³-hybridized carbons (Fsp3) is 0.600. The zero-order valence-corrected chi connectivity index (χ0v) is 6.39. The van der Waals surface area contributed by atoms with Gasteiger partial charge in [-0.2, -0.15) is 12.6 Å². The Morgan fingerprint density at radius 1 is 1.64 bits per heavy atom. The molecule has 1 atom stereocenters. The molecule has 0 aliphatic carbocycles. The third-order valence-electron chi connectivity index (χ3n) is 0.858. The standard InChI is InChI=1S/C5H9NO3S.Al.3H/c1-3(7)6-4(2-10)5(8)9;;;;/h4,10H,2H2,1H3,(H,6,7)(H,8,9);;;;. The first kappa shape index (κ1) is 13.4. The summed E-state index contributed by atoms with van der Waals surface area (Å²) >= 11 is 3.73. The predicted molar refractivity (Wildman–Crippen MR) is 49.0 cm³/mol. The molecule has 0 aromatic carbocycles. The first-order chi connectivity index (χ1) is 4.57. The molecule has 1 amide bonds. The van der Waals surface area contributed by atoms with Gasteiger partial charge in [0.1, 0.15) is 6.04 Å². The average Bonchev–Trinajstić information content (AvgIpc) is 1.81. The molecule has 0 aromatic rings. The fourth-order valence-electron chi connectivity index (χ4n) is 0.431. The lowest BCUT2D eigenvalue weighted by Crippen LogP contribution is -2.40. The molecule has 0 aromatic heterocycles. The molecule has 0 fully saturated rings. The molecule has 0 aliphatic rings. The van der Waals surface area contributed by atoms with Crippen LogP contribution in [0.25, 0.3) is 0 Å². The first-order valence-corrected chi connectivity index (χ1v) is 3.32. The van der Waals surface area contributed by atoms with Crippen LogP contribution >= 0.6 is 12.6 Å². The van der Waals surface area contributed by atoms with E-state index < -0.39 is 12.0 Å². The number of carbonyl (C=O) groups is 2. The second-order valence-corrected chi connectivity index (χ2v) is 2.14. The number of thiol groups is 1. The van der Waals surface area contributed by atoms with Crippen molar-refractivity contribution in [2.45, 2.75) is 13.0 Å². The number of carbonyl (C=O) groups excluding carboxylic acids is 1. The van der Waals surface area contributed by atoms with Crippen molar-refractivity contribution < 1.29 is 14.7 Å². The Bertz CT molecular complexity index is 153. The van der Waals surface area contributed by atoms with E-state index in [4.69, 9.17) is 5.11 Å². The van der Waals surface area contributed by atoms with E-state index in [1.165, 1.54) is 6.92 Å². The van der Waals surface area contributed by atoms with Crippen molar-refractivity contribution in [3.05, 3.63) is 0 Å². The van der Waals surface area contributed by atoms with Crippen LogP contribution in [0.1, 0.15) is 6.92 Å². The summed E-state index contributed by atoms with van der Waals surface area (Å²) in [5.74, 6) is -1.32. The molecule has 6 heteroatoms. The van der Waals surface area contributed by atoms with Gasteiger partial charge in [0.25, 0.3) is 0 Å². The number of rotatable bonds is 3. The second kappa shape index (κ2) is 6.53. The van der Waals surface area contributed by atoms with Gasteiger partial charge < -0.3 is 10.4 Å². The summed E-state index contributed by atoms with van der Waals surface area (Å²) in [7, 11) is 0. The van der Waals surface area contributed by atoms with E-state index in [2.05, 4.69) is 17.9 Å². The smallest absolute Gasteiger partial charge is 0.327 e. The molecule has 0 saturated heterocycles. The lowest BCUT2D eigenvalue weighted by Gasteiger charge is -2.08. The van der Waals surface area contributed by atoms with E-state index in [0.29, 0.717) is 0 Å². The van der Waals surface area contributed by atoms with E-state index >= 15 is 0 Å². The van der Waals surface area contributed by atoms with Crippen molar-refractivity contribution in [1.29, 1.82) is 0 Å². The molecular weight excluding hydrogens is 181 g/mol. The summed E-state index contributed by atoms with van der Waals surface area (Å²) in [6, 6.07) is -0.874. The Morgan fingerprint density at radius 3 is 2.18 bits per heavy atom. The molecule has 0 heterocycles. The molecular formula is C5H12AlNO3S. The van der Waals surface area contributed by atoms with Gasteiger partial charge in [-0.05, 0) is 0 Å². The molecule has 0 bridgehead atoms. The maximum absolute atomic E-state index is 10.3. The third-order valence-corrected chi connectivity index (χ3v) is 1.22. The van der Waals surface area contributed by atoms with Crippen LogP contribution in [0.4, 0.5) is 0 Å². The third kappa shape index (κ3) is 6.23. The summed E-state index contributed by atoms with van der Waals surface area (Å²) < 4.78 is 0. The maximum atomic E-state index is 10.3. The van der Waals surface area contributed by atoms with Gasteiger partial charge in [-0.15, -0.1) is 0 Å². The lowest BCUT2D eigenvalue weighted by molar-refractivity contribution is -0.140. The van der Waals surface area contributed by atoms with Gasteiger partial charge in [-0.25, -0.2) is 4.79 Å². The molecule has 0 radical (unpaired) electrons. The lowest BCUT2D eigenvalue weighted by atomic mass is 10.3. The summed E-state index contributed by atoms with van der Waals surface area (Å²) in [5, 5.41) is 10.6. The Labute approximate surface area is 80.9 Å². The molecule has 2 N–H and O–H groups in total. The van der Waals surface area contributed by atoms with Crippen LogP contribution in [-0.4, -0.2) is 46.1 Å². The summed E-state index contributed by atoms with van der Waals surface area (Å²) in [6.07, 6.45) is 0. The number of aliphatic carboxylic acids is 1. The van der Waals surface area contributed by atoms with Gasteiger partial charge in [0.15, 0.2) is 17.4 Å². The number of hydrogen-bond donors (Lipinski definition) is 3. The van der Waals surface area contributed by atoms with Crippen LogP contribution in [0.15, 0.2) is 0 Å². The number of nitrogens with one attached hydrogen (secondary N) is 1. The zero-order chi connectivity index (χ0) is 8.15. The van der Waals surface area contributed by atoms with Crippen LogP contribution in [0.3, 0.4) is 0 Å². The molecule has 0 spiro atoms. The average molecular weight is 193 g/mol. The minimum Gasteiger partial charge on any atom is -0.480 e. The quantitative estimate of drug-likeness (QED) is 0.370. The Balaban J connectivity index is 0. The van der Waals surface area contributed by atoms with Gasteiger partial charge >= 0.3 is 5.97 Å². The van der Waals surface area contributed by atoms with Gasteiger partial charge in [0.05, 0.1) is 0 Å². The topological polar surface area (TPSA) is 66.4 Å². The molecule has 0 rings (SSSR count). The molecule has 0 saturated carbocycles. The van der Waals surface area contributed by atoms with Gasteiger partial charge in [-0.3, -0.25) is 4.79 Å². The highest BCUT2D eigenvalue weighted by Gasteiger charge is 2.14. The fourth-order valence-corrected chi connectivity index (χ4v) is 0.678. The number of carboxylic acid groups (broad SMARTS) is 1. The number of carboxylic acids is 1. The number of hydrogen-bond acceptors (Lipinski definition) is 3. The molecule has 4 nitrogen and oxygen atoms in total. The van der Waals surface area contributed by atoms with Crippen LogP contribution in [-0.2, 0) is 9.59 Å². The van der Waals surface area contributed by atoms with Crippen molar-refractivity contribution in [3.63, 3.8) is 0 Å². The Hall–Kier alpha value is -0.178. The predicted octanol–water partition coefficient (Wildman–Crippen LogP) is -1.68. The van der Waals surface area contributed by atoms with Crippen LogP contribution in [0, 0.1) is 0 Å². The van der Waals surface area contributed by atoms with Gasteiger partial charge in [0.2, 0.25) is 5.91 Å². The van der Waals surface area contributed by atoms with Crippen LogP contribution in [0.2, 0.25) is 0 Å². The SMILES string of the molecule is CC(=O)NC(CS)C(=O)O.[AlH3]. The zero-order valence-electron chi connectivity index (χ0n) is 5.50. The van der Waals surface area contributed by atoms with Crippen molar-refractivity contribution in [1.82, 2.24) is 5.32 Å². The summed E-state index contributed by atoms with van der Waals surface area (Å²) in [6.45, 7) is 1.26. The Morgan fingerprint density at radius 2 is 2.09 bits per heavy atom. The highest BCUT2D eigenvalue weighted by atomic mass is 32.1. The highest BCUT2D eigenvalue weighted by molar-refractivity contribution is 7.80. The van der Waals surface area contributed by atoms with E-state index in [9.17, 15) is 9.59 Å². The second-order valence-electron chi connectivity index (χ2n) is 1.77.